The van der Waals surface area contributed by atoms with E-state index in [2.05, 4.69) is 42.5 Å². The fourth-order valence-corrected chi connectivity index (χ4v) is 4.43. The Morgan fingerprint density at radius 3 is 2.47 bits per heavy atom. The SMILES string of the molecule is Cc1ccc(C)c(NC(=O)COc2c(Br)cc(Br)cc2/C=C(\C#N)C(=O)Nc2ccccc2)c1. The number of amides is 2. The molecule has 8 heteroatoms. The van der Waals surface area contributed by atoms with Crippen LogP contribution in [0.3, 0.4) is 0 Å². The Morgan fingerprint density at radius 1 is 1.03 bits per heavy atom. The summed E-state index contributed by atoms with van der Waals surface area (Å²) in [5.74, 6) is -0.552. The first-order valence-electron chi connectivity index (χ1n) is 10.2. The first kappa shape index (κ1) is 25.2. The summed E-state index contributed by atoms with van der Waals surface area (Å²) >= 11 is 6.85. The molecule has 34 heavy (non-hydrogen) atoms. The van der Waals surface area contributed by atoms with Crippen molar-refractivity contribution in [3.05, 3.63) is 91.9 Å². The highest BCUT2D eigenvalue weighted by atomic mass is 79.9. The number of nitrogens with one attached hydrogen (secondary N) is 2. The fourth-order valence-electron chi connectivity index (χ4n) is 3.06. The molecular formula is C26H21Br2N3O3. The van der Waals surface area contributed by atoms with Crippen LogP contribution in [-0.4, -0.2) is 18.4 Å². The highest BCUT2D eigenvalue weighted by Crippen LogP contribution is 2.34. The summed E-state index contributed by atoms with van der Waals surface area (Å²) in [6.07, 6.45) is 1.42. The van der Waals surface area contributed by atoms with Crippen molar-refractivity contribution in [3.8, 4) is 11.8 Å². The molecule has 0 atom stereocenters. The number of hydrogen-bond acceptors (Lipinski definition) is 4. The number of nitrogens with zero attached hydrogens (tertiary/aromatic N) is 1. The minimum absolute atomic E-state index is 0.112. The zero-order valence-electron chi connectivity index (χ0n) is 18.5. The van der Waals surface area contributed by atoms with Crippen LogP contribution < -0.4 is 15.4 Å². The number of ether oxygens (including phenoxy) is 1. The number of rotatable bonds is 7. The fraction of sp³-hybridized carbons (Fsp3) is 0.115. The summed E-state index contributed by atoms with van der Waals surface area (Å²) < 4.78 is 7.08. The summed E-state index contributed by atoms with van der Waals surface area (Å²) in [5, 5.41) is 15.1. The van der Waals surface area contributed by atoms with E-state index in [9.17, 15) is 14.9 Å². The molecule has 0 saturated heterocycles. The third kappa shape index (κ3) is 6.80. The minimum atomic E-state index is -0.552. The molecule has 0 radical (unpaired) electrons. The Kier molecular flexibility index (Phi) is 8.63. The van der Waals surface area contributed by atoms with Gasteiger partial charge in [0.1, 0.15) is 17.4 Å². The highest BCUT2D eigenvalue weighted by molar-refractivity contribution is 9.11. The van der Waals surface area contributed by atoms with Crippen molar-refractivity contribution in [2.45, 2.75) is 13.8 Å². The van der Waals surface area contributed by atoms with Crippen LogP contribution in [0.1, 0.15) is 16.7 Å². The molecule has 3 aromatic rings. The lowest BCUT2D eigenvalue weighted by Gasteiger charge is -2.14. The van der Waals surface area contributed by atoms with Crippen molar-refractivity contribution < 1.29 is 14.3 Å². The van der Waals surface area contributed by atoms with E-state index in [4.69, 9.17) is 4.74 Å². The van der Waals surface area contributed by atoms with Crippen LogP contribution in [0.15, 0.2) is 75.2 Å². The van der Waals surface area contributed by atoms with Gasteiger partial charge in [0.2, 0.25) is 0 Å². The Balaban J connectivity index is 1.81. The number of carbonyl (C=O) groups is 2. The highest BCUT2D eigenvalue weighted by Gasteiger charge is 2.16. The molecule has 0 aromatic heterocycles. The largest absolute Gasteiger partial charge is 0.482 e. The van der Waals surface area contributed by atoms with Gasteiger partial charge in [0.15, 0.2) is 6.61 Å². The van der Waals surface area contributed by atoms with Crippen molar-refractivity contribution in [1.82, 2.24) is 0 Å². The summed E-state index contributed by atoms with van der Waals surface area (Å²) in [7, 11) is 0. The van der Waals surface area contributed by atoms with Crippen molar-refractivity contribution in [3.63, 3.8) is 0 Å². The van der Waals surface area contributed by atoms with Crippen LogP contribution in [-0.2, 0) is 9.59 Å². The van der Waals surface area contributed by atoms with Crippen molar-refractivity contribution in [1.29, 1.82) is 5.26 Å². The Morgan fingerprint density at radius 2 is 1.76 bits per heavy atom. The van der Waals surface area contributed by atoms with E-state index in [1.54, 1.807) is 36.4 Å². The smallest absolute Gasteiger partial charge is 0.266 e. The molecule has 2 N–H and O–H groups in total. The maximum absolute atomic E-state index is 12.6. The van der Waals surface area contributed by atoms with Crippen molar-refractivity contribution in [2.75, 3.05) is 17.2 Å². The standard InChI is InChI=1S/C26H21Br2N3O3/c1-16-8-9-17(2)23(10-16)31-24(32)15-34-25-18(12-20(27)13-22(25)28)11-19(14-29)26(33)30-21-6-4-3-5-7-21/h3-13H,15H2,1-2H3,(H,30,33)(H,31,32)/b19-11+. The number of aryl methyl sites for hydroxylation is 2. The number of hydrogen-bond donors (Lipinski definition) is 2. The van der Waals surface area contributed by atoms with Gasteiger partial charge in [-0.3, -0.25) is 9.59 Å². The zero-order chi connectivity index (χ0) is 24.7. The van der Waals surface area contributed by atoms with Gasteiger partial charge in [0, 0.05) is 21.4 Å². The molecule has 0 unspecified atom stereocenters. The van der Waals surface area contributed by atoms with Crippen LogP contribution in [0.5, 0.6) is 5.75 Å². The summed E-state index contributed by atoms with van der Waals surface area (Å²) in [6.45, 7) is 3.60. The number of nitriles is 1. The molecule has 0 aliphatic rings. The molecule has 0 heterocycles. The maximum atomic E-state index is 12.6. The molecule has 0 fully saturated rings. The van der Waals surface area contributed by atoms with Crippen LogP contribution in [0, 0.1) is 25.2 Å². The summed E-state index contributed by atoms with van der Waals surface area (Å²) in [4.78, 5) is 25.2. The number of halogens is 2. The average molecular weight is 583 g/mol. The molecular weight excluding hydrogens is 562 g/mol. The van der Waals surface area contributed by atoms with Crippen molar-refractivity contribution >= 4 is 61.1 Å². The van der Waals surface area contributed by atoms with E-state index < -0.39 is 5.91 Å². The van der Waals surface area contributed by atoms with E-state index in [1.807, 2.05) is 44.2 Å². The van der Waals surface area contributed by atoms with Crippen LogP contribution >= 0.6 is 31.9 Å². The zero-order valence-corrected chi connectivity index (χ0v) is 21.7. The predicted octanol–water partition coefficient (Wildman–Crippen LogP) is 6.39. The lowest BCUT2D eigenvalue weighted by molar-refractivity contribution is -0.118. The Bertz CT molecular complexity index is 1300. The normalized spacial score (nSPS) is 10.9. The van der Waals surface area contributed by atoms with E-state index in [0.717, 1.165) is 11.1 Å². The van der Waals surface area contributed by atoms with Gasteiger partial charge < -0.3 is 15.4 Å². The number of benzene rings is 3. The summed E-state index contributed by atoms with van der Waals surface area (Å²) in [5.41, 5.74) is 3.61. The quantitative estimate of drug-likeness (QED) is 0.249. The van der Waals surface area contributed by atoms with Crippen LogP contribution in [0.25, 0.3) is 6.08 Å². The molecule has 3 rings (SSSR count). The molecule has 0 aliphatic carbocycles. The van der Waals surface area contributed by atoms with Crippen molar-refractivity contribution in [2.24, 2.45) is 0 Å². The van der Waals surface area contributed by atoms with E-state index in [1.165, 1.54) is 6.08 Å². The first-order chi connectivity index (χ1) is 16.3. The van der Waals surface area contributed by atoms with E-state index >= 15 is 0 Å². The van der Waals surface area contributed by atoms with Crippen LogP contribution in [0.2, 0.25) is 0 Å². The van der Waals surface area contributed by atoms with Gasteiger partial charge in [0.25, 0.3) is 11.8 Å². The van der Waals surface area contributed by atoms with Gasteiger partial charge in [-0.15, -0.1) is 0 Å². The van der Waals surface area contributed by atoms with Gasteiger partial charge in [-0.2, -0.15) is 5.26 Å². The summed E-state index contributed by atoms with van der Waals surface area (Å²) in [6, 6.07) is 20.0. The second-order valence-corrected chi connectivity index (χ2v) is 9.22. The molecule has 0 saturated carbocycles. The molecule has 3 aromatic carbocycles. The lowest BCUT2D eigenvalue weighted by atomic mass is 10.1. The molecule has 0 aliphatic heterocycles. The molecule has 0 spiro atoms. The minimum Gasteiger partial charge on any atom is -0.482 e. The van der Waals surface area contributed by atoms with Crippen LogP contribution in [0.4, 0.5) is 11.4 Å². The predicted molar refractivity (Wildman–Crippen MR) is 141 cm³/mol. The second-order valence-electron chi connectivity index (χ2n) is 7.45. The van der Waals surface area contributed by atoms with E-state index in [0.29, 0.717) is 31.6 Å². The van der Waals surface area contributed by atoms with Gasteiger partial charge in [-0.05, 0) is 77.3 Å². The molecule has 6 nitrogen and oxygen atoms in total. The lowest BCUT2D eigenvalue weighted by Crippen LogP contribution is -2.21. The monoisotopic (exact) mass is 581 g/mol. The Hall–Kier alpha value is -3.41. The third-order valence-electron chi connectivity index (χ3n) is 4.75. The maximum Gasteiger partial charge on any atom is 0.266 e. The molecule has 0 bridgehead atoms. The molecule has 2 amide bonds. The first-order valence-corrected chi connectivity index (χ1v) is 11.8. The van der Waals surface area contributed by atoms with Gasteiger partial charge in [-0.1, -0.05) is 46.3 Å². The average Bonchev–Trinajstić information content (AvgIpc) is 2.79. The molecule has 172 valence electrons. The van der Waals surface area contributed by atoms with E-state index in [-0.39, 0.29) is 18.1 Å². The van der Waals surface area contributed by atoms with Gasteiger partial charge in [0.05, 0.1) is 4.47 Å². The topological polar surface area (TPSA) is 91.2 Å². The van der Waals surface area contributed by atoms with Gasteiger partial charge >= 0.3 is 0 Å². The number of para-hydroxylation sites is 1. The Labute approximate surface area is 214 Å². The van der Waals surface area contributed by atoms with Gasteiger partial charge in [-0.25, -0.2) is 0 Å². The second kappa shape index (κ2) is 11.6. The number of anilines is 2. The third-order valence-corrected chi connectivity index (χ3v) is 5.80. The number of carbonyl (C=O) groups excluding carboxylic acids is 2.